The van der Waals surface area contributed by atoms with E-state index in [4.69, 9.17) is 4.74 Å². The van der Waals surface area contributed by atoms with Gasteiger partial charge in [-0.2, -0.15) is 0 Å². The van der Waals surface area contributed by atoms with E-state index in [-0.39, 0.29) is 12.5 Å². The number of amides is 1. The molecule has 1 saturated heterocycles. The predicted molar refractivity (Wildman–Crippen MR) is 81.0 cm³/mol. The minimum absolute atomic E-state index is 0.109. The number of hydrogen-bond acceptors (Lipinski definition) is 2. The van der Waals surface area contributed by atoms with Gasteiger partial charge in [0.05, 0.1) is 0 Å². The Balaban J connectivity index is 1.86. The third kappa shape index (κ3) is 3.99. The number of carbonyl (C=O) groups is 1. The Bertz CT molecular complexity index is 470. The van der Waals surface area contributed by atoms with Crippen molar-refractivity contribution in [2.75, 3.05) is 19.7 Å². The van der Waals surface area contributed by atoms with E-state index in [1.54, 1.807) is 0 Å². The van der Waals surface area contributed by atoms with Crippen molar-refractivity contribution in [2.45, 2.75) is 40.0 Å². The summed E-state index contributed by atoms with van der Waals surface area (Å²) in [5.74, 6) is 1.62. The molecule has 1 heterocycles. The minimum atomic E-state index is 0.109. The summed E-state index contributed by atoms with van der Waals surface area (Å²) in [6.07, 6.45) is 3.44. The van der Waals surface area contributed by atoms with Gasteiger partial charge in [-0.25, -0.2) is 0 Å². The van der Waals surface area contributed by atoms with E-state index in [0.717, 1.165) is 37.6 Å². The maximum Gasteiger partial charge on any atom is 0.260 e. The first kappa shape index (κ1) is 14.9. The standard InChI is InChI=1S/C17H25NO2/c1-13-5-4-9-18(10-8-13)17(19)12-20-16-7-6-14(2)15(3)11-16/h6-7,11,13H,4-5,8-10,12H2,1-3H3. The van der Waals surface area contributed by atoms with Crippen molar-refractivity contribution in [1.29, 1.82) is 0 Å². The van der Waals surface area contributed by atoms with Crippen LogP contribution >= 0.6 is 0 Å². The highest BCUT2D eigenvalue weighted by Crippen LogP contribution is 2.18. The monoisotopic (exact) mass is 275 g/mol. The quantitative estimate of drug-likeness (QED) is 0.847. The summed E-state index contributed by atoms with van der Waals surface area (Å²) in [6, 6.07) is 5.95. The molecule has 20 heavy (non-hydrogen) atoms. The first-order chi connectivity index (χ1) is 9.56. The van der Waals surface area contributed by atoms with Gasteiger partial charge < -0.3 is 9.64 Å². The van der Waals surface area contributed by atoms with Gasteiger partial charge >= 0.3 is 0 Å². The molecule has 0 bridgehead atoms. The molecule has 1 atom stereocenters. The lowest BCUT2D eigenvalue weighted by atomic mass is 10.0. The summed E-state index contributed by atoms with van der Waals surface area (Å²) in [7, 11) is 0. The molecule has 1 aliphatic heterocycles. The molecule has 0 radical (unpaired) electrons. The summed E-state index contributed by atoms with van der Waals surface area (Å²) in [6.45, 7) is 8.29. The summed E-state index contributed by atoms with van der Waals surface area (Å²) < 4.78 is 5.63. The van der Waals surface area contributed by atoms with E-state index in [0.29, 0.717) is 0 Å². The molecule has 3 nitrogen and oxygen atoms in total. The Kier molecular flexibility index (Phi) is 5.05. The maximum atomic E-state index is 12.2. The van der Waals surface area contributed by atoms with Gasteiger partial charge in [0.2, 0.25) is 0 Å². The molecule has 0 saturated carbocycles. The normalized spacial score (nSPS) is 19.6. The summed E-state index contributed by atoms with van der Waals surface area (Å²) in [5, 5.41) is 0. The van der Waals surface area contributed by atoms with Crippen LogP contribution in [0.5, 0.6) is 5.75 Å². The number of carbonyl (C=O) groups excluding carboxylic acids is 1. The van der Waals surface area contributed by atoms with Crippen LogP contribution < -0.4 is 4.74 Å². The molecule has 3 heteroatoms. The zero-order valence-corrected chi connectivity index (χ0v) is 12.8. The first-order valence-corrected chi connectivity index (χ1v) is 7.54. The van der Waals surface area contributed by atoms with Crippen LogP contribution in [-0.4, -0.2) is 30.5 Å². The van der Waals surface area contributed by atoms with Crippen LogP contribution in [0.1, 0.15) is 37.3 Å². The van der Waals surface area contributed by atoms with Crippen LogP contribution in [0.3, 0.4) is 0 Å². The third-order valence-corrected chi connectivity index (χ3v) is 4.21. The molecule has 0 aromatic heterocycles. The zero-order chi connectivity index (χ0) is 14.5. The molecular formula is C17H25NO2. The number of hydrogen-bond donors (Lipinski definition) is 0. The Morgan fingerprint density at radius 2 is 2.05 bits per heavy atom. The van der Waals surface area contributed by atoms with E-state index in [2.05, 4.69) is 20.8 Å². The molecule has 1 aromatic carbocycles. The molecule has 2 rings (SSSR count). The van der Waals surface area contributed by atoms with Crippen molar-refractivity contribution in [3.05, 3.63) is 29.3 Å². The van der Waals surface area contributed by atoms with E-state index in [1.807, 2.05) is 23.1 Å². The van der Waals surface area contributed by atoms with Crippen LogP contribution in [0.25, 0.3) is 0 Å². The largest absolute Gasteiger partial charge is 0.484 e. The lowest BCUT2D eigenvalue weighted by molar-refractivity contribution is -0.133. The SMILES string of the molecule is Cc1ccc(OCC(=O)N2CCCC(C)CC2)cc1C. The van der Waals surface area contributed by atoms with Gasteiger partial charge in [-0.1, -0.05) is 13.0 Å². The predicted octanol–water partition coefficient (Wildman–Crippen LogP) is 3.33. The van der Waals surface area contributed by atoms with Gasteiger partial charge in [-0.15, -0.1) is 0 Å². The van der Waals surface area contributed by atoms with E-state index >= 15 is 0 Å². The van der Waals surface area contributed by atoms with Crippen LogP contribution in [-0.2, 0) is 4.79 Å². The molecule has 110 valence electrons. The zero-order valence-electron chi connectivity index (χ0n) is 12.8. The van der Waals surface area contributed by atoms with Gasteiger partial charge in [-0.05, 0) is 62.3 Å². The molecule has 1 aromatic rings. The summed E-state index contributed by atoms with van der Waals surface area (Å²) >= 11 is 0. The van der Waals surface area contributed by atoms with Gasteiger partial charge in [0.15, 0.2) is 6.61 Å². The summed E-state index contributed by atoms with van der Waals surface area (Å²) in [4.78, 5) is 14.1. The van der Waals surface area contributed by atoms with Gasteiger partial charge in [0.1, 0.15) is 5.75 Å². The van der Waals surface area contributed by atoms with Crippen LogP contribution in [0.4, 0.5) is 0 Å². The number of benzene rings is 1. The number of likely N-dealkylation sites (tertiary alicyclic amines) is 1. The number of ether oxygens (including phenoxy) is 1. The Labute approximate surface area is 121 Å². The van der Waals surface area contributed by atoms with Crippen molar-refractivity contribution < 1.29 is 9.53 Å². The Morgan fingerprint density at radius 1 is 1.25 bits per heavy atom. The van der Waals surface area contributed by atoms with Crippen molar-refractivity contribution in [3.8, 4) is 5.75 Å². The second-order valence-electron chi connectivity index (χ2n) is 5.95. The average molecular weight is 275 g/mol. The fourth-order valence-electron chi connectivity index (χ4n) is 2.55. The fourth-order valence-corrected chi connectivity index (χ4v) is 2.55. The Hall–Kier alpha value is -1.51. The second-order valence-corrected chi connectivity index (χ2v) is 5.95. The minimum Gasteiger partial charge on any atom is -0.484 e. The smallest absolute Gasteiger partial charge is 0.260 e. The summed E-state index contributed by atoms with van der Waals surface area (Å²) in [5.41, 5.74) is 2.43. The van der Waals surface area contributed by atoms with E-state index in [9.17, 15) is 4.79 Å². The van der Waals surface area contributed by atoms with Gasteiger partial charge in [0, 0.05) is 13.1 Å². The molecule has 0 aliphatic carbocycles. The van der Waals surface area contributed by atoms with Gasteiger partial charge in [0.25, 0.3) is 5.91 Å². The fraction of sp³-hybridized carbons (Fsp3) is 0.588. The second kappa shape index (κ2) is 6.78. The number of aryl methyl sites for hydroxylation is 2. The molecular weight excluding hydrogens is 250 g/mol. The maximum absolute atomic E-state index is 12.2. The lowest BCUT2D eigenvalue weighted by Gasteiger charge is -2.20. The highest BCUT2D eigenvalue weighted by molar-refractivity contribution is 5.77. The molecule has 1 amide bonds. The van der Waals surface area contributed by atoms with Crippen molar-refractivity contribution >= 4 is 5.91 Å². The number of rotatable bonds is 3. The average Bonchev–Trinajstić information content (AvgIpc) is 2.64. The molecule has 1 aliphatic rings. The molecule has 0 spiro atoms. The first-order valence-electron chi connectivity index (χ1n) is 7.54. The topological polar surface area (TPSA) is 29.5 Å². The van der Waals surface area contributed by atoms with Crippen LogP contribution in [0.15, 0.2) is 18.2 Å². The van der Waals surface area contributed by atoms with Crippen LogP contribution in [0, 0.1) is 19.8 Å². The number of nitrogens with zero attached hydrogens (tertiary/aromatic N) is 1. The van der Waals surface area contributed by atoms with E-state index in [1.165, 1.54) is 17.5 Å². The van der Waals surface area contributed by atoms with Crippen molar-refractivity contribution in [2.24, 2.45) is 5.92 Å². The molecule has 1 unspecified atom stereocenters. The highest BCUT2D eigenvalue weighted by Gasteiger charge is 2.18. The van der Waals surface area contributed by atoms with Crippen molar-refractivity contribution in [3.63, 3.8) is 0 Å². The highest BCUT2D eigenvalue weighted by atomic mass is 16.5. The third-order valence-electron chi connectivity index (χ3n) is 4.21. The molecule has 1 fully saturated rings. The van der Waals surface area contributed by atoms with Crippen molar-refractivity contribution in [1.82, 2.24) is 4.90 Å². The van der Waals surface area contributed by atoms with Gasteiger partial charge in [-0.3, -0.25) is 4.79 Å². The van der Waals surface area contributed by atoms with Crippen LogP contribution in [0.2, 0.25) is 0 Å². The lowest BCUT2D eigenvalue weighted by Crippen LogP contribution is -2.35. The molecule has 0 N–H and O–H groups in total. The van der Waals surface area contributed by atoms with E-state index < -0.39 is 0 Å². The Morgan fingerprint density at radius 3 is 2.80 bits per heavy atom.